The molecule has 22 heavy (non-hydrogen) atoms. The highest BCUT2D eigenvalue weighted by atomic mass is 19.1. The molecule has 0 saturated carbocycles. The Morgan fingerprint density at radius 3 is 2.86 bits per heavy atom. The zero-order chi connectivity index (χ0) is 15.7. The molecule has 0 amide bonds. The van der Waals surface area contributed by atoms with Gasteiger partial charge in [0, 0.05) is 11.8 Å². The molecule has 3 aromatic rings. The molecule has 0 saturated heterocycles. The van der Waals surface area contributed by atoms with Gasteiger partial charge < -0.3 is 5.11 Å². The largest absolute Gasteiger partial charge is 0.395 e. The van der Waals surface area contributed by atoms with E-state index in [1.165, 1.54) is 16.7 Å². The zero-order valence-electron chi connectivity index (χ0n) is 12.0. The van der Waals surface area contributed by atoms with Crippen LogP contribution in [0.15, 0.2) is 41.3 Å². The number of pyridine rings is 1. The molecule has 0 bridgehead atoms. The van der Waals surface area contributed by atoms with Crippen LogP contribution in [0.1, 0.15) is 5.56 Å². The monoisotopic (exact) mass is 299 g/mol. The van der Waals surface area contributed by atoms with Gasteiger partial charge in [-0.3, -0.25) is 9.36 Å². The SMILES string of the molecule is Cc1cc(F)ccc1-c1nc2cccnc2n(CCO)c1=O. The number of hydrogen-bond donors (Lipinski definition) is 1. The van der Waals surface area contributed by atoms with Crippen LogP contribution in [-0.4, -0.2) is 26.2 Å². The number of fused-ring (bicyclic) bond motifs is 1. The summed E-state index contributed by atoms with van der Waals surface area (Å²) in [7, 11) is 0. The zero-order valence-corrected chi connectivity index (χ0v) is 12.0. The van der Waals surface area contributed by atoms with Gasteiger partial charge in [-0.1, -0.05) is 0 Å². The van der Waals surface area contributed by atoms with Crippen LogP contribution in [0.25, 0.3) is 22.4 Å². The summed E-state index contributed by atoms with van der Waals surface area (Å²) in [4.78, 5) is 21.2. The van der Waals surface area contributed by atoms with E-state index in [0.717, 1.165) is 0 Å². The van der Waals surface area contributed by atoms with E-state index >= 15 is 0 Å². The number of halogens is 1. The van der Waals surface area contributed by atoms with Crippen LogP contribution in [0.2, 0.25) is 0 Å². The van der Waals surface area contributed by atoms with Crippen molar-refractivity contribution in [1.82, 2.24) is 14.5 Å². The minimum atomic E-state index is -0.362. The molecular weight excluding hydrogens is 285 g/mol. The fraction of sp³-hybridized carbons (Fsp3) is 0.188. The molecule has 0 radical (unpaired) electrons. The molecular formula is C16H14FN3O2. The van der Waals surface area contributed by atoms with Gasteiger partial charge in [0.25, 0.3) is 5.56 Å². The fourth-order valence-corrected chi connectivity index (χ4v) is 2.45. The number of aromatic nitrogens is 3. The molecule has 2 heterocycles. The molecule has 0 aliphatic carbocycles. The van der Waals surface area contributed by atoms with Crippen molar-refractivity contribution in [1.29, 1.82) is 0 Å². The van der Waals surface area contributed by atoms with E-state index in [9.17, 15) is 14.3 Å². The Balaban J connectivity index is 2.35. The molecule has 6 heteroatoms. The molecule has 0 atom stereocenters. The Morgan fingerprint density at radius 1 is 1.32 bits per heavy atom. The molecule has 1 N–H and O–H groups in total. The van der Waals surface area contributed by atoms with E-state index in [1.54, 1.807) is 31.3 Å². The van der Waals surface area contributed by atoms with Gasteiger partial charge in [0.15, 0.2) is 5.65 Å². The second-order valence-corrected chi connectivity index (χ2v) is 4.95. The summed E-state index contributed by atoms with van der Waals surface area (Å²) in [5, 5.41) is 9.20. The van der Waals surface area contributed by atoms with Crippen molar-refractivity contribution < 1.29 is 9.50 Å². The van der Waals surface area contributed by atoms with Crippen molar-refractivity contribution in [3.63, 3.8) is 0 Å². The van der Waals surface area contributed by atoms with Crippen LogP contribution in [0.3, 0.4) is 0 Å². The third kappa shape index (κ3) is 2.37. The van der Waals surface area contributed by atoms with Crippen LogP contribution in [-0.2, 0) is 6.54 Å². The van der Waals surface area contributed by atoms with Crippen LogP contribution < -0.4 is 5.56 Å². The first kappa shape index (κ1) is 14.3. The van der Waals surface area contributed by atoms with Gasteiger partial charge in [-0.2, -0.15) is 0 Å². The molecule has 0 fully saturated rings. The van der Waals surface area contributed by atoms with Crippen molar-refractivity contribution in [2.75, 3.05) is 6.61 Å². The van der Waals surface area contributed by atoms with Gasteiger partial charge in [0.2, 0.25) is 0 Å². The molecule has 3 rings (SSSR count). The van der Waals surface area contributed by atoms with Crippen molar-refractivity contribution in [2.45, 2.75) is 13.5 Å². The van der Waals surface area contributed by atoms with Crippen LogP contribution >= 0.6 is 0 Å². The standard InChI is InChI=1S/C16H14FN3O2/c1-10-9-11(17)4-5-12(10)14-16(22)20(7-8-21)15-13(19-14)3-2-6-18-15/h2-6,9,21H,7-8H2,1H3. The predicted octanol–water partition coefficient (Wildman–Crippen LogP) is 1.90. The molecule has 5 nitrogen and oxygen atoms in total. The van der Waals surface area contributed by atoms with Gasteiger partial charge in [0.1, 0.15) is 17.0 Å². The number of aliphatic hydroxyl groups excluding tert-OH is 1. The molecule has 0 aliphatic heterocycles. The first-order valence-electron chi connectivity index (χ1n) is 6.85. The van der Waals surface area contributed by atoms with Gasteiger partial charge in [-0.15, -0.1) is 0 Å². The van der Waals surface area contributed by atoms with E-state index < -0.39 is 0 Å². The highest BCUT2D eigenvalue weighted by molar-refractivity contribution is 5.75. The van der Waals surface area contributed by atoms with Gasteiger partial charge in [-0.25, -0.2) is 14.4 Å². The summed E-state index contributed by atoms with van der Waals surface area (Å²) in [6.07, 6.45) is 1.57. The lowest BCUT2D eigenvalue weighted by molar-refractivity contribution is 0.276. The highest BCUT2D eigenvalue weighted by Crippen LogP contribution is 2.21. The number of benzene rings is 1. The lowest BCUT2D eigenvalue weighted by Crippen LogP contribution is -2.26. The Labute approximate surface area is 125 Å². The lowest BCUT2D eigenvalue weighted by Gasteiger charge is -2.11. The summed E-state index contributed by atoms with van der Waals surface area (Å²) >= 11 is 0. The minimum absolute atomic E-state index is 0.127. The maximum absolute atomic E-state index is 13.3. The number of aliphatic hydroxyl groups is 1. The number of rotatable bonds is 3. The third-order valence-corrected chi connectivity index (χ3v) is 3.47. The van der Waals surface area contributed by atoms with Gasteiger partial charge in [0.05, 0.1) is 13.2 Å². The summed E-state index contributed by atoms with van der Waals surface area (Å²) in [6.45, 7) is 1.67. The maximum Gasteiger partial charge on any atom is 0.278 e. The van der Waals surface area contributed by atoms with Crippen LogP contribution in [0, 0.1) is 12.7 Å². The maximum atomic E-state index is 13.3. The van der Waals surface area contributed by atoms with E-state index in [4.69, 9.17) is 0 Å². The summed E-state index contributed by atoms with van der Waals surface area (Å²) in [6, 6.07) is 7.68. The molecule has 0 aliphatic rings. The molecule has 1 aromatic carbocycles. The first-order valence-corrected chi connectivity index (χ1v) is 6.85. The third-order valence-electron chi connectivity index (χ3n) is 3.47. The van der Waals surface area contributed by atoms with Gasteiger partial charge in [-0.05, 0) is 42.8 Å². The van der Waals surface area contributed by atoms with E-state index in [2.05, 4.69) is 9.97 Å². The minimum Gasteiger partial charge on any atom is -0.395 e. The van der Waals surface area contributed by atoms with Crippen LogP contribution in [0.4, 0.5) is 4.39 Å². The van der Waals surface area contributed by atoms with Crippen molar-refractivity contribution >= 4 is 11.2 Å². The first-order chi connectivity index (χ1) is 10.6. The Kier molecular flexibility index (Phi) is 3.68. The smallest absolute Gasteiger partial charge is 0.278 e. The summed E-state index contributed by atoms with van der Waals surface area (Å²) in [5.41, 5.74) is 2.05. The van der Waals surface area contributed by atoms with Crippen molar-refractivity contribution in [3.8, 4) is 11.3 Å². The van der Waals surface area contributed by atoms with Crippen molar-refractivity contribution in [3.05, 3.63) is 58.3 Å². The molecule has 112 valence electrons. The van der Waals surface area contributed by atoms with Gasteiger partial charge >= 0.3 is 0 Å². The van der Waals surface area contributed by atoms with Crippen molar-refractivity contribution in [2.24, 2.45) is 0 Å². The van der Waals surface area contributed by atoms with Crippen LogP contribution in [0.5, 0.6) is 0 Å². The highest BCUT2D eigenvalue weighted by Gasteiger charge is 2.15. The lowest BCUT2D eigenvalue weighted by atomic mass is 10.1. The van der Waals surface area contributed by atoms with E-state index in [0.29, 0.717) is 22.3 Å². The average molecular weight is 299 g/mol. The Morgan fingerprint density at radius 2 is 2.14 bits per heavy atom. The number of nitrogens with zero attached hydrogens (tertiary/aromatic N) is 3. The topological polar surface area (TPSA) is 68.0 Å². The second kappa shape index (κ2) is 5.65. The quantitative estimate of drug-likeness (QED) is 0.802. The summed E-state index contributed by atoms with van der Waals surface area (Å²) < 4.78 is 14.7. The normalized spacial score (nSPS) is 11.0. The van der Waals surface area contributed by atoms with E-state index in [-0.39, 0.29) is 30.2 Å². The molecule has 0 unspecified atom stereocenters. The fourth-order valence-electron chi connectivity index (χ4n) is 2.45. The Hall–Kier alpha value is -2.60. The van der Waals surface area contributed by atoms with E-state index in [1.807, 2.05) is 0 Å². The molecule has 2 aromatic heterocycles. The molecule has 0 spiro atoms. The average Bonchev–Trinajstić information content (AvgIpc) is 2.50. The second-order valence-electron chi connectivity index (χ2n) is 4.95. The predicted molar refractivity (Wildman–Crippen MR) is 81.0 cm³/mol. The Bertz CT molecular complexity index is 906. The summed E-state index contributed by atoms with van der Waals surface area (Å²) in [5.74, 6) is -0.362. The number of aryl methyl sites for hydroxylation is 1. The number of hydrogen-bond acceptors (Lipinski definition) is 4.